The molecule has 2 aromatic carbocycles. The number of fused-ring (bicyclic) bond motifs is 1. The molecule has 142 valence electrons. The zero-order chi connectivity index (χ0) is 19.9. The van der Waals surface area contributed by atoms with E-state index in [0.29, 0.717) is 17.0 Å². The van der Waals surface area contributed by atoms with Gasteiger partial charge < -0.3 is 15.0 Å². The number of nitrogens with zero attached hydrogens (tertiary/aromatic N) is 2. The van der Waals surface area contributed by atoms with Crippen LogP contribution in [0.5, 0.6) is 5.75 Å². The third kappa shape index (κ3) is 4.73. The van der Waals surface area contributed by atoms with Gasteiger partial charge in [0.1, 0.15) is 5.75 Å². The minimum atomic E-state index is -0.288. The normalized spacial score (nSPS) is 10.8. The number of methoxy groups -OCH3 is 1. The number of hydrogen-bond donors (Lipinski definition) is 1. The Hall–Kier alpha value is -3.67. The first-order chi connectivity index (χ1) is 13.6. The summed E-state index contributed by atoms with van der Waals surface area (Å²) in [6.45, 7) is -0.0650. The van der Waals surface area contributed by atoms with E-state index in [0.717, 1.165) is 10.9 Å². The van der Waals surface area contributed by atoms with Gasteiger partial charge in [0.15, 0.2) is 0 Å². The number of carbonyl (C=O) groups excluding carboxylic acids is 2. The maximum absolute atomic E-state index is 12.4. The summed E-state index contributed by atoms with van der Waals surface area (Å²) in [7, 11) is 3.17. The number of para-hydroxylation sites is 1. The Labute approximate surface area is 163 Å². The second kappa shape index (κ2) is 8.81. The number of anilines is 1. The largest absolute Gasteiger partial charge is 0.497 e. The van der Waals surface area contributed by atoms with Crippen LogP contribution in [0.4, 0.5) is 5.69 Å². The molecule has 3 aromatic rings. The minimum absolute atomic E-state index is 0.0650. The molecule has 0 aliphatic carbocycles. The van der Waals surface area contributed by atoms with Crippen molar-refractivity contribution < 1.29 is 14.3 Å². The van der Waals surface area contributed by atoms with E-state index in [1.807, 2.05) is 48.5 Å². The van der Waals surface area contributed by atoms with Crippen molar-refractivity contribution in [3.8, 4) is 5.75 Å². The van der Waals surface area contributed by atoms with E-state index < -0.39 is 0 Å². The van der Waals surface area contributed by atoms with Crippen molar-refractivity contribution in [3.05, 3.63) is 72.4 Å². The first-order valence-corrected chi connectivity index (χ1v) is 8.77. The number of carbonyl (C=O) groups is 2. The summed E-state index contributed by atoms with van der Waals surface area (Å²) in [6.07, 6.45) is 4.80. The second-order valence-corrected chi connectivity index (χ2v) is 6.23. The van der Waals surface area contributed by atoms with Crippen molar-refractivity contribution in [2.75, 3.05) is 26.0 Å². The molecular weight excluding hydrogens is 354 g/mol. The monoisotopic (exact) mass is 375 g/mol. The van der Waals surface area contributed by atoms with Gasteiger partial charge in [0, 0.05) is 24.7 Å². The van der Waals surface area contributed by atoms with Gasteiger partial charge in [-0.05, 0) is 35.9 Å². The molecule has 0 fully saturated rings. The second-order valence-electron chi connectivity index (χ2n) is 6.23. The molecule has 28 heavy (non-hydrogen) atoms. The Balaban J connectivity index is 1.61. The zero-order valence-electron chi connectivity index (χ0n) is 15.8. The number of aromatic nitrogens is 1. The zero-order valence-corrected chi connectivity index (χ0v) is 15.8. The lowest BCUT2D eigenvalue weighted by Gasteiger charge is -2.15. The summed E-state index contributed by atoms with van der Waals surface area (Å²) in [4.78, 5) is 30.3. The number of pyridine rings is 1. The topological polar surface area (TPSA) is 71.5 Å². The fraction of sp³-hybridized carbons (Fsp3) is 0.136. The molecule has 0 atom stereocenters. The highest BCUT2D eigenvalue weighted by molar-refractivity contribution is 6.02. The van der Waals surface area contributed by atoms with Gasteiger partial charge in [-0.1, -0.05) is 30.3 Å². The van der Waals surface area contributed by atoms with Crippen LogP contribution in [0, 0.1) is 0 Å². The molecule has 0 saturated carbocycles. The van der Waals surface area contributed by atoms with Crippen LogP contribution in [-0.4, -0.2) is 42.4 Å². The van der Waals surface area contributed by atoms with Crippen LogP contribution in [0.3, 0.4) is 0 Å². The Morgan fingerprint density at radius 1 is 1.14 bits per heavy atom. The van der Waals surface area contributed by atoms with E-state index in [9.17, 15) is 9.59 Å². The highest BCUT2D eigenvalue weighted by Crippen LogP contribution is 2.20. The van der Waals surface area contributed by atoms with E-state index in [1.54, 1.807) is 32.5 Å². The quantitative estimate of drug-likeness (QED) is 0.671. The highest BCUT2D eigenvalue weighted by Gasteiger charge is 2.12. The molecule has 0 spiro atoms. The average Bonchev–Trinajstić information content (AvgIpc) is 2.72. The predicted molar refractivity (Wildman–Crippen MR) is 110 cm³/mol. The lowest BCUT2D eigenvalue weighted by Crippen LogP contribution is -2.33. The molecule has 0 radical (unpaired) electrons. The number of hydrogen-bond acceptors (Lipinski definition) is 4. The van der Waals surface area contributed by atoms with Gasteiger partial charge >= 0.3 is 0 Å². The van der Waals surface area contributed by atoms with Crippen molar-refractivity contribution in [1.82, 2.24) is 9.88 Å². The number of benzene rings is 2. The van der Waals surface area contributed by atoms with Crippen LogP contribution < -0.4 is 10.1 Å². The molecule has 0 saturated heterocycles. The maximum Gasteiger partial charge on any atom is 0.246 e. The fourth-order valence-electron chi connectivity index (χ4n) is 2.73. The highest BCUT2D eigenvalue weighted by atomic mass is 16.5. The Morgan fingerprint density at radius 3 is 2.75 bits per heavy atom. The van der Waals surface area contributed by atoms with E-state index in [2.05, 4.69) is 10.3 Å². The van der Waals surface area contributed by atoms with E-state index in [-0.39, 0.29) is 18.4 Å². The molecule has 0 aliphatic rings. The molecule has 1 aromatic heterocycles. The molecule has 6 nitrogen and oxygen atoms in total. The van der Waals surface area contributed by atoms with Crippen LogP contribution in [0.15, 0.2) is 66.9 Å². The van der Waals surface area contributed by atoms with E-state index >= 15 is 0 Å². The molecule has 6 heteroatoms. The van der Waals surface area contributed by atoms with Crippen molar-refractivity contribution in [2.24, 2.45) is 0 Å². The lowest BCUT2D eigenvalue weighted by atomic mass is 10.2. The van der Waals surface area contributed by atoms with Crippen molar-refractivity contribution in [1.29, 1.82) is 0 Å². The SMILES string of the molecule is COc1cccc(/C=C/C(=O)N(C)CC(=O)Nc2cccc3cccnc23)c1. The predicted octanol–water partition coefficient (Wildman–Crippen LogP) is 3.35. The van der Waals surface area contributed by atoms with Crippen LogP contribution >= 0.6 is 0 Å². The molecule has 0 bridgehead atoms. The number of rotatable bonds is 6. The third-order valence-corrected chi connectivity index (χ3v) is 4.18. The van der Waals surface area contributed by atoms with Crippen LogP contribution in [-0.2, 0) is 9.59 Å². The summed E-state index contributed by atoms with van der Waals surface area (Å²) < 4.78 is 5.16. The number of likely N-dealkylation sites (N-methyl/N-ethyl adjacent to an activating group) is 1. The smallest absolute Gasteiger partial charge is 0.246 e. The molecule has 0 aliphatic heterocycles. The van der Waals surface area contributed by atoms with E-state index in [4.69, 9.17) is 4.74 Å². The number of amides is 2. The van der Waals surface area contributed by atoms with Gasteiger partial charge in [-0.25, -0.2) is 0 Å². The molecular formula is C22H21N3O3. The first kappa shape index (κ1) is 19.1. The lowest BCUT2D eigenvalue weighted by molar-refractivity contribution is -0.129. The standard InChI is InChI=1S/C22H21N3O3/c1-25(21(27)12-11-16-6-3-9-18(14-16)28-2)15-20(26)24-19-10-4-7-17-8-5-13-23-22(17)19/h3-14H,15H2,1-2H3,(H,24,26)/b12-11+. The summed E-state index contributed by atoms with van der Waals surface area (Å²) in [6, 6.07) is 16.7. The summed E-state index contributed by atoms with van der Waals surface area (Å²) >= 11 is 0. The molecule has 3 rings (SSSR count). The van der Waals surface area contributed by atoms with Gasteiger partial charge in [-0.3, -0.25) is 14.6 Å². The van der Waals surface area contributed by atoms with Crippen LogP contribution in [0.2, 0.25) is 0 Å². The fourth-order valence-corrected chi connectivity index (χ4v) is 2.73. The van der Waals surface area contributed by atoms with Crippen molar-refractivity contribution >= 4 is 34.5 Å². The van der Waals surface area contributed by atoms with Crippen LogP contribution in [0.1, 0.15) is 5.56 Å². The molecule has 1 N–H and O–H groups in total. The third-order valence-electron chi connectivity index (χ3n) is 4.18. The van der Waals surface area contributed by atoms with Crippen LogP contribution in [0.25, 0.3) is 17.0 Å². The average molecular weight is 375 g/mol. The summed E-state index contributed by atoms with van der Waals surface area (Å²) in [5.41, 5.74) is 2.17. The van der Waals surface area contributed by atoms with Gasteiger partial charge in [0.25, 0.3) is 0 Å². The van der Waals surface area contributed by atoms with Crippen molar-refractivity contribution in [2.45, 2.75) is 0 Å². The van der Waals surface area contributed by atoms with Gasteiger partial charge in [-0.2, -0.15) is 0 Å². The molecule has 1 heterocycles. The van der Waals surface area contributed by atoms with Gasteiger partial charge in [0.05, 0.1) is 24.9 Å². The maximum atomic E-state index is 12.4. The molecule has 0 unspecified atom stereocenters. The number of nitrogens with one attached hydrogen (secondary N) is 1. The van der Waals surface area contributed by atoms with Crippen molar-refractivity contribution in [3.63, 3.8) is 0 Å². The Kier molecular flexibility index (Phi) is 6.01. The first-order valence-electron chi connectivity index (χ1n) is 8.77. The molecule has 2 amide bonds. The van der Waals surface area contributed by atoms with Gasteiger partial charge in [-0.15, -0.1) is 0 Å². The van der Waals surface area contributed by atoms with Gasteiger partial charge in [0.2, 0.25) is 11.8 Å². The Bertz CT molecular complexity index is 1020. The number of ether oxygens (including phenoxy) is 1. The Morgan fingerprint density at radius 2 is 1.93 bits per heavy atom. The van der Waals surface area contributed by atoms with E-state index in [1.165, 1.54) is 11.0 Å². The summed E-state index contributed by atoms with van der Waals surface area (Å²) in [5, 5.41) is 3.76. The summed E-state index contributed by atoms with van der Waals surface area (Å²) in [5.74, 6) is 0.156. The minimum Gasteiger partial charge on any atom is -0.497 e.